The van der Waals surface area contributed by atoms with Gasteiger partial charge in [-0.2, -0.15) is 0 Å². The van der Waals surface area contributed by atoms with Gasteiger partial charge in [0.05, 0.1) is 0 Å². The third-order valence-corrected chi connectivity index (χ3v) is 3.95. The summed E-state index contributed by atoms with van der Waals surface area (Å²) in [5, 5.41) is 8.50. The Kier molecular flexibility index (Phi) is 2.50. The summed E-state index contributed by atoms with van der Waals surface area (Å²) < 4.78 is 1.99. The molecule has 0 amide bonds. The highest BCUT2D eigenvalue weighted by Crippen LogP contribution is 2.42. The van der Waals surface area contributed by atoms with Gasteiger partial charge < -0.3 is 5.73 Å². The fraction of sp³-hybridized carbons (Fsp3) is 0.615. The Labute approximate surface area is 106 Å². The molecule has 0 aromatic carbocycles. The van der Waals surface area contributed by atoms with Gasteiger partial charge in [-0.05, 0) is 24.7 Å². The molecule has 1 atom stereocenters. The summed E-state index contributed by atoms with van der Waals surface area (Å²) in [7, 11) is 0. The first-order chi connectivity index (χ1) is 8.57. The van der Waals surface area contributed by atoms with E-state index in [9.17, 15) is 0 Å². The summed E-state index contributed by atoms with van der Waals surface area (Å²) in [4.78, 5) is 4.05. The van der Waals surface area contributed by atoms with E-state index in [0.717, 1.165) is 12.2 Å². The van der Waals surface area contributed by atoms with E-state index < -0.39 is 0 Å². The first-order valence-corrected chi connectivity index (χ1v) is 6.52. The van der Waals surface area contributed by atoms with Crippen molar-refractivity contribution >= 4 is 11.5 Å². The fourth-order valence-electron chi connectivity index (χ4n) is 3.06. The first kappa shape index (κ1) is 11.4. The van der Waals surface area contributed by atoms with Gasteiger partial charge >= 0.3 is 0 Å². The van der Waals surface area contributed by atoms with Crippen LogP contribution in [-0.4, -0.2) is 19.6 Å². The molecule has 18 heavy (non-hydrogen) atoms. The van der Waals surface area contributed by atoms with Crippen molar-refractivity contribution in [2.24, 2.45) is 5.41 Å². The number of fused-ring (bicyclic) bond motifs is 1. The fourth-order valence-corrected chi connectivity index (χ4v) is 3.06. The molecule has 96 valence electrons. The molecule has 1 unspecified atom stereocenters. The maximum atomic E-state index is 5.82. The first-order valence-electron chi connectivity index (χ1n) is 6.52. The van der Waals surface area contributed by atoms with Crippen molar-refractivity contribution in [3.63, 3.8) is 0 Å². The van der Waals surface area contributed by atoms with Crippen molar-refractivity contribution in [3.8, 4) is 0 Å². The van der Waals surface area contributed by atoms with E-state index >= 15 is 0 Å². The summed E-state index contributed by atoms with van der Waals surface area (Å²) in [5.41, 5.74) is 6.89. The van der Waals surface area contributed by atoms with Gasteiger partial charge in [0.2, 0.25) is 5.65 Å². The third-order valence-electron chi connectivity index (χ3n) is 3.95. The normalized spacial score (nSPS) is 23.3. The second kappa shape index (κ2) is 3.93. The molecule has 5 heteroatoms. The second-order valence-electron chi connectivity index (χ2n) is 6.02. The Morgan fingerprint density at radius 3 is 3.00 bits per heavy atom. The van der Waals surface area contributed by atoms with Crippen LogP contribution in [0.5, 0.6) is 0 Å². The van der Waals surface area contributed by atoms with Crippen molar-refractivity contribution in [2.45, 2.75) is 45.4 Å². The van der Waals surface area contributed by atoms with Gasteiger partial charge in [0.25, 0.3) is 0 Å². The van der Waals surface area contributed by atoms with Crippen molar-refractivity contribution < 1.29 is 0 Å². The van der Waals surface area contributed by atoms with Crippen molar-refractivity contribution in [1.82, 2.24) is 19.6 Å². The average Bonchev–Trinajstić information content (AvgIpc) is 2.73. The van der Waals surface area contributed by atoms with Gasteiger partial charge in [0.15, 0.2) is 5.82 Å². The zero-order valence-corrected chi connectivity index (χ0v) is 10.9. The number of rotatable bonds is 1. The Morgan fingerprint density at radius 2 is 2.22 bits per heavy atom. The lowest BCUT2D eigenvalue weighted by Gasteiger charge is -2.34. The maximum absolute atomic E-state index is 5.82. The van der Waals surface area contributed by atoms with E-state index in [1.54, 1.807) is 6.20 Å². The van der Waals surface area contributed by atoms with E-state index in [1.807, 2.05) is 10.6 Å². The van der Waals surface area contributed by atoms with Crippen LogP contribution in [-0.2, 0) is 0 Å². The molecule has 0 bridgehead atoms. The van der Waals surface area contributed by atoms with Crippen LogP contribution in [0.4, 0.5) is 5.82 Å². The zero-order chi connectivity index (χ0) is 12.8. The lowest BCUT2D eigenvalue weighted by Crippen LogP contribution is -2.22. The van der Waals surface area contributed by atoms with Crippen LogP contribution in [0.25, 0.3) is 5.65 Å². The Hall–Kier alpha value is -1.65. The number of anilines is 1. The van der Waals surface area contributed by atoms with Gasteiger partial charge in [-0.25, -0.2) is 4.98 Å². The lowest BCUT2D eigenvalue weighted by atomic mass is 9.72. The highest BCUT2D eigenvalue weighted by molar-refractivity contribution is 5.58. The zero-order valence-electron chi connectivity index (χ0n) is 10.9. The van der Waals surface area contributed by atoms with Gasteiger partial charge in [-0.3, -0.25) is 4.40 Å². The van der Waals surface area contributed by atoms with E-state index in [-0.39, 0.29) is 0 Å². The molecule has 3 rings (SSSR count). The predicted molar refractivity (Wildman–Crippen MR) is 70.2 cm³/mol. The maximum Gasteiger partial charge on any atom is 0.203 e. The highest BCUT2D eigenvalue weighted by Gasteiger charge is 2.31. The molecule has 1 aliphatic carbocycles. The van der Waals surface area contributed by atoms with Gasteiger partial charge in [0.1, 0.15) is 5.82 Å². The molecule has 2 N–H and O–H groups in total. The van der Waals surface area contributed by atoms with Crippen LogP contribution < -0.4 is 5.73 Å². The number of hydrogen-bond donors (Lipinski definition) is 1. The van der Waals surface area contributed by atoms with Crippen LogP contribution in [0.3, 0.4) is 0 Å². The number of nitrogens with two attached hydrogens (primary N) is 1. The van der Waals surface area contributed by atoms with Gasteiger partial charge in [-0.15, -0.1) is 10.2 Å². The number of nitrogen functional groups attached to an aromatic ring is 1. The van der Waals surface area contributed by atoms with Gasteiger partial charge in [0, 0.05) is 18.3 Å². The van der Waals surface area contributed by atoms with Crippen molar-refractivity contribution in [3.05, 3.63) is 18.2 Å². The Balaban J connectivity index is 2.02. The topological polar surface area (TPSA) is 69.1 Å². The summed E-state index contributed by atoms with van der Waals surface area (Å²) in [6.45, 7) is 4.66. The molecule has 0 saturated heterocycles. The minimum absolute atomic E-state index is 0.396. The van der Waals surface area contributed by atoms with Crippen molar-refractivity contribution in [1.29, 1.82) is 0 Å². The SMILES string of the molecule is CC1(C)CCCC(c2nnc3c(N)nccn23)C1. The van der Waals surface area contributed by atoms with E-state index in [0.29, 0.717) is 22.8 Å². The van der Waals surface area contributed by atoms with Crippen LogP contribution in [0.1, 0.15) is 51.3 Å². The summed E-state index contributed by atoms with van der Waals surface area (Å²) in [5.74, 6) is 1.96. The van der Waals surface area contributed by atoms with Crippen LogP contribution in [0.2, 0.25) is 0 Å². The molecular formula is C13H19N5. The minimum atomic E-state index is 0.396. The number of aromatic nitrogens is 4. The standard InChI is InChI=1S/C13H19N5/c1-13(2)5-3-4-9(8-13)11-16-17-12-10(14)15-6-7-18(11)12/h6-7,9H,3-5,8H2,1-2H3,(H2,14,15). The van der Waals surface area contributed by atoms with Crippen LogP contribution >= 0.6 is 0 Å². The number of nitrogens with zero attached hydrogens (tertiary/aromatic N) is 4. The van der Waals surface area contributed by atoms with Crippen LogP contribution in [0, 0.1) is 5.41 Å². The molecule has 0 radical (unpaired) electrons. The van der Waals surface area contributed by atoms with E-state index in [4.69, 9.17) is 5.73 Å². The molecule has 5 nitrogen and oxygen atoms in total. The summed E-state index contributed by atoms with van der Waals surface area (Å²) in [6.07, 6.45) is 8.52. The molecule has 0 aliphatic heterocycles. The average molecular weight is 245 g/mol. The molecule has 0 spiro atoms. The monoisotopic (exact) mass is 245 g/mol. The predicted octanol–water partition coefficient (Wildman–Crippen LogP) is 2.39. The largest absolute Gasteiger partial charge is 0.381 e. The molecule has 2 aromatic heterocycles. The Bertz CT molecular complexity index is 572. The smallest absolute Gasteiger partial charge is 0.203 e. The van der Waals surface area contributed by atoms with E-state index in [1.165, 1.54) is 19.3 Å². The third kappa shape index (κ3) is 1.83. The minimum Gasteiger partial charge on any atom is -0.381 e. The van der Waals surface area contributed by atoms with E-state index in [2.05, 4.69) is 29.0 Å². The molecule has 1 aliphatic rings. The quantitative estimate of drug-likeness (QED) is 0.837. The second-order valence-corrected chi connectivity index (χ2v) is 6.02. The van der Waals surface area contributed by atoms with Gasteiger partial charge in [-0.1, -0.05) is 20.3 Å². The Morgan fingerprint density at radius 1 is 1.39 bits per heavy atom. The number of hydrogen-bond acceptors (Lipinski definition) is 4. The molecule has 1 saturated carbocycles. The highest BCUT2D eigenvalue weighted by atomic mass is 15.3. The van der Waals surface area contributed by atoms with Crippen molar-refractivity contribution in [2.75, 3.05) is 5.73 Å². The molecule has 2 aromatic rings. The summed E-state index contributed by atoms with van der Waals surface area (Å²) in [6, 6.07) is 0. The molecule has 2 heterocycles. The van der Waals surface area contributed by atoms with Crippen LogP contribution in [0.15, 0.2) is 12.4 Å². The summed E-state index contributed by atoms with van der Waals surface area (Å²) >= 11 is 0. The molecule has 1 fully saturated rings. The molecular weight excluding hydrogens is 226 g/mol. The lowest BCUT2D eigenvalue weighted by molar-refractivity contribution is 0.214.